The maximum atomic E-state index is 12.4. The lowest BCUT2D eigenvalue weighted by molar-refractivity contribution is -0.123. The topological polar surface area (TPSA) is 89.5 Å². The van der Waals surface area contributed by atoms with Crippen molar-refractivity contribution in [2.75, 3.05) is 24.3 Å². The van der Waals surface area contributed by atoms with E-state index in [0.717, 1.165) is 18.5 Å². The second-order valence-corrected chi connectivity index (χ2v) is 7.75. The molecule has 0 aliphatic carbocycles. The number of aromatic nitrogens is 1. The number of carbonyl (C=O) groups is 2. The molecule has 0 bridgehead atoms. The molecule has 0 aliphatic heterocycles. The van der Waals surface area contributed by atoms with Crippen LogP contribution < -0.4 is 15.4 Å². The molecule has 2 rings (SSSR count). The summed E-state index contributed by atoms with van der Waals surface area (Å²) < 4.78 is 10.5. The van der Waals surface area contributed by atoms with Crippen LogP contribution in [0.1, 0.15) is 43.2 Å². The van der Waals surface area contributed by atoms with E-state index in [1.165, 1.54) is 25.4 Å². The molecule has 28 heavy (non-hydrogen) atoms. The van der Waals surface area contributed by atoms with Crippen molar-refractivity contribution in [3.05, 3.63) is 34.8 Å². The van der Waals surface area contributed by atoms with Crippen LogP contribution in [0.4, 0.5) is 10.8 Å². The Balaban J connectivity index is 1.92. The van der Waals surface area contributed by atoms with Crippen LogP contribution in [0.5, 0.6) is 5.75 Å². The first-order valence-electron chi connectivity index (χ1n) is 9.16. The summed E-state index contributed by atoms with van der Waals surface area (Å²) in [6, 6.07) is 5.44. The van der Waals surface area contributed by atoms with Crippen LogP contribution in [0.2, 0.25) is 0 Å². The summed E-state index contributed by atoms with van der Waals surface area (Å²) in [6.45, 7) is 8.50. The van der Waals surface area contributed by atoms with Gasteiger partial charge in [0.25, 0.3) is 5.91 Å². The molecule has 0 aliphatic rings. The fraction of sp³-hybridized carbons (Fsp3) is 0.450. The first kappa shape index (κ1) is 21.7. The van der Waals surface area contributed by atoms with E-state index < -0.39 is 18.0 Å². The lowest BCUT2D eigenvalue weighted by atomic mass is 10.1. The van der Waals surface area contributed by atoms with Crippen molar-refractivity contribution in [1.82, 2.24) is 4.98 Å². The third kappa shape index (κ3) is 6.23. The molecule has 0 saturated carbocycles. The summed E-state index contributed by atoms with van der Waals surface area (Å²) >= 11 is 1.33. The Morgan fingerprint density at radius 1 is 1.25 bits per heavy atom. The monoisotopic (exact) mass is 405 g/mol. The van der Waals surface area contributed by atoms with Crippen molar-refractivity contribution in [1.29, 1.82) is 0 Å². The first-order valence-corrected chi connectivity index (χ1v) is 10.0. The summed E-state index contributed by atoms with van der Waals surface area (Å²) in [5.41, 5.74) is 1.69. The summed E-state index contributed by atoms with van der Waals surface area (Å²) in [4.78, 5) is 28.9. The molecule has 7 nitrogen and oxygen atoms in total. The van der Waals surface area contributed by atoms with Crippen LogP contribution >= 0.6 is 11.3 Å². The molecule has 0 unspecified atom stereocenters. The highest BCUT2D eigenvalue weighted by molar-refractivity contribution is 7.13. The molecule has 0 fully saturated rings. The summed E-state index contributed by atoms with van der Waals surface area (Å²) in [7, 11) is 1.53. The van der Waals surface area contributed by atoms with Gasteiger partial charge in [-0.25, -0.2) is 9.78 Å². The number of carbonyl (C=O) groups excluding carboxylic acids is 2. The number of methoxy groups -OCH3 is 1. The average Bonchev–Trinajstić information content (AvgIpc) is 3.10. The Bertz CT molecular complexity index is 820. The van der Waals surface area contributed by atoms with Gasteiger partial charge in [-0.2, -0.15) is 0 Å². The molecule has 2 aromatic rings. The highest BCUT2D eigenvalue weighted by Crippen LogP contribution is 2.25. The number of esters is 1. The SMILES string of the molecule is COc1ccc(C)cc1NC(=O)[C@H](C)OC(=O)c1csc(NCCC(C)C)n1. The molecular formula is C20H27N3O4S. The number of nitrogens with one attached hydrogen (secondary N) is 2. The second kappa shape index (κ2) is 10.1. The summed E-state index contributed by atoms with van der Waals surface area (Å²) in [5, 5.41) is 8.20. The van der Waals surface area contributed by atoms with E-state index in [0.29, 0.717) is 22.5 Å². The number of ether oxygens (including phenoxy) is 2. The molecular weight excluding hydrogens is 378 g/mol. The molecule has 0 spiro atoms. The van der Waals surface area contributed by atoms with Gasteiger partial charge in [-0.15, -0.1) is 11.3 Å². The third-order valence-corrected chi connectivity index (χ3v) is 4.78. The van der Waals surface area contributed by atoms with Crippen molar-refractivity contribution in [2.45, 2.75) is 40.2 Å². The number of rotatable bonds is 9. The zero-order valence-electron chi connectivity index (χ0n) is 16.9. The number of hydrogen-bond acceptors (Lipinski definition) is 7. The molecule has 1 aromatic heterocycles. The van der Waals surface area contributed by atoms with Crippen LogP contribution in [0.3, 0.4) is 0 Å². The van der Waals surface area contributed by atoms with E-state index >= 15 is 0 Å². The number of benzene rings is 1. The van der Waals surface area contributed by atoms with Gasteiger partial charge in [-0.1, -0.05) is 19.9 Å². The normalized spacial score (nSPS) is 11.8. The molecule has 1 atom stereocenters. The van der Waals surface area contributed by atoms with Gasteiger partial charge in [0.1, 0.15) is 5.75 Å². The lowest BCUT2D eigenvalue weighted by Gasteiger charge is -2.15. The zero-order valence-corrected chi connectivity index (χ0v) is 17.7. The molecule has 1 amide bonds. The molecule has 0 saturated heterocycles. The molecule has 152 valence electrons. The molecule has 2 N–H and O–H groups in total. The minimum Gasteiger partial charge on any atom is -0.495 e. The average molecular weight is 406 g/mol. The van der Waals surface area contributed by atoms with Crippen molar-refractivity contribution in [2.24, 2.45) is 5.92 Å². The predicted molar refractivity (Wildman–Crippen MR) is 111 cm³/mol. The van der Waals surface area contributed by atoms with Crippen LogP contribution in [0, 0.1) is 12.8 Å². The Kier molecular flexibility index (Phi) is 7.80. The Hall–Kier alpha value is -2.61. The van der Waals surface area contributed by atoms with Gasteiger partial charge < -0.3 is 20.1 Å². The van der Waals surface area contributed by atoms with Crippen molar-refractivity contribution in [3.8, 4) is 5.75 Å². The standard InChI is InChI=1S/C20H27N3O4S/c1-12(2)8-9-21-20-23-16(11-28-20)19(25)27-14(4)18(24)22-15-10-13(3)6-7-17(15)26-5/h6-7,10-12,14H,8-9H2,1-5H3,(H,21,23)(H,22,24)/t14-/m0/s1. The fourth-order valence-corrected chi connectivity index (χ4v) is 3.05. The number of anilines is 2. The van der Waals surface area contributed by atoms with Gasteiger partial charge in [0.15, 0.2) is 16.9 Å². The van der Waals surface area contributed by atoms with E-state index in [9.17, 15) is 9.59 Å². The van der Waals surface area contributed by atoms with Gasteiger partial charge in [0.05, 0.1) is 12.8 Å². The van der Waals surface area contributed by atoms with E-state index in [-0.39, 0.29) is 5.69 Å². The van der Waals surface area contributed by atoms with Gasteiger partial charge >= 0.3 is 5.97 Å². The van der Waals surface area contributed by atoms with Crippen molar-refractivity contribution >= 4 is 34.0 Å². The van der Waals surface area contributed by atoms with E-state index in [2.05, 4.69) is 29.5 Å². The molecule has 8 heteroatoms. The number of hydrogen-bond donors (Lipinski definition) is 2. The predicted octanol–water partition coefficient (Wildman–Crippen LogP) is 4.10. The smallest absolute Gasteiger partial charge is 0.358 e. The van der Waals surface area contributed by atoms with Crippen LogP contribution in [-0.4, -0.2) is 36.6 Å². The fourth-order valence-electron chi connectivity index (χ4n) is 2.34. The van der Waals surface area contributed by atoms with Crippen molar-refractivity contribution < 1.29 is 19.1 Å². The van der Waals surface area contributed by atoms with E-state index in [1.807, 2.05) is 13.0 Å². The largest absolute Gasteiger partial charge is 0.495 e. The highest BCUT2D eigenvalue weighted by Gasteiger charge is 2.22. The number of amides is 1. The molecule has 0 radical (unpaired) electrons. The number of thiazole rings is 1. The molecule has 1 heterocycles. The molecule has 1 aromatic carbocycles. The second-order valence-electron chi connectivity index (χ2n) is 6.89. The van der Waals surface area contributed by atoms with E-state index in [4.69, 9.17) is 9.47 Å². The Labute approximate surface area is 169 Å². The first-order chi connectivity index (χ1) is 13.3. The summed E-state index contributed by atoms with van der Waals surface area (Å²) in [5.74, 6) is 0.0483. The maximum Gasteiger partial charge on any atom is 0.358 e. The van der Waals surface area contributed by atoms with Gasteiger partial charge in [0, 0.05) is 11.9 Å². The minimum absolute atomic E-state index is 0.185. The van der Waals surface area contributed by atoms with Gasteiger partial charge in [-0.05, 0) is 43.9 Å². The van der Waals surface area contributed by atoms with E-state index in [1.54, 1.807) is 17.5 Å². The van der Waals surface area contributed by atoms with Crippen LogP contribution in [0.15, 0.2) is 23.6 Å². The van der Waals surface area contributed by atoms with Gasteiger partial charge in [0.2, 0.25) is 0 Å². The third-order valence-electron chi connectivity index (χ3n) is 3.98. The summed E-state index contributed by atoms with van der Waals surface area (Å²) in [6.07, 6.45) is 0.0377. The van der Waals surface area contributed by atoms with Crippen LogP contribution in [0.25, 0.3) is 0 Å². The Morgan fingerprint density at radius 3 is 2.68 bits per heavy atom. The highest BCUT2D eigenvalue weighted by atomic mass is 32.1. The maximum absolute atomic E-state index is 12.4. The quantitative estimate of drug-likeness (QED) is 0.611. The van der Waals surface area contributed by atoms with Gasteiger partial charge in [-0.3, -0.25) is 4.79 Å². The van der Waals surface area contributed by atoms with Crippen LogP contribution in [-0.2, 0) is 9.53 Å². The number of nitrogens with zero attached hydrogens (tertiary/aromatic N) is 1. The van der Waals surface area contributed by atoms with Crippen molar-refractivity contribution in [3.63, 3.8) is 0 Å². The lowest BCUT2D eigenvalue weighted by Crippen LogP contribution is -2.30. The Morgan fingerprint density at radius 2 is 2.00 bits per heavy atom. The minimum atomic E-state index is -0.975. The zero-order chi connectivity index (χ0) is 20.7. The number of aryl methyl sites for hydroxylation is 1.